The van der Waals surface area contributed by atoms with Crippen molar-refractivity contribution in [1.29, 1.82) is 0 Å². The van der Waals surface area contributed by atoms with Crippen molar-refractivity contribution in [2.45, 2.75) is 13.5 Å². The first kappa shape index (κ1) is 21.0. The van der Waals surface area contributed by atoms with Gasteiger partial charge in [0.05, 0.1) is 32.1 Å². The van der Waals surface area contributed by atoms with Gasteiger partial charge in [0.2, 0.25) is 0 Å². The molecule has 2 amide bonds. The second kappa shape index (κ2) is 8.73. The molecule has 2 N–H and O–H groups in total. The first-order chi connectivity index (χ1) is 14.3. The van der Waals surface area contributed by atoms with Crippen LogP contribution in [0, 0.1) is 6.92 Å². The van der Waals surface area contributed by atoms with Crippen LogP contribution in [0.1, 0.15) is 32.2 Å². The molecule has 9 heteroatoms. The molecule has 158 valence electrons. The molecular formula is C21H25N5O4. The number of carbonyl (C=O) groups is 2. The van der Waals surface area contributed by atoms with Gasteiger partial charge in [-0.05, 0) is 37.3 Å². The van der Waals surface area contributed by atoms with Gasteiger partial charge in [-0.25, -0.2) is 0 Å². The zero-order valence-corrected chi connectivity index (χ0v) is 17.6. The molecule has 0 unspecified atom stereocenters. The fraction of sp³-hybridized carbons (Fsp3) is 0.286. The summed E-state index contributed by atoms with van der Waals surface area (Å²) in [5.74, 6) is 0.0102. The minimum Gasteiger partial charge on any atom is -0.493 e. The largest absolute Gasteiger partial charge is 0.493 e. The van der Waals surface area contributed by atoms with Crippen molar-refractivity contribution in [3.63, 3.8) is 0 Å². The van der Waals surface area contributed by atoms with Gasteiger partial charge >= 0.3 is 0 Å². The molecule has 2 heterocycles. The Labute approximate surface area is 174 Å². The Morgan fingerprint density at radius 1 is 1.10 bits per heavy atom. The number of hydrogen-bond donors (Lipinski definition) is 2. The van der Waals surface area contributed by atoms with E-state index in [-0.39, 0.29) is 18.4 Å². The standard InChI is InChI=1S/C21H25N5O4/c1-13-9-15(24-26(13)3)12-22-20(27)14-10-16(19(30-5)18(11-14)29-4)23-21(28)17-7-6-8-25(17)2/h6-11H,12H2,1-5H3,(H,22,27)(H,23,28). The minimum absolute atomic E-state index is 0.278. The molecule has 9 nitrogen and oxygen atoms in total. The molecule has 0 spiro atoms. The summed E-state index contributed by atoms with van der Waals surface area (Å²) in [5, 5.41) is 9.96. The summed E-state index contributed by atoms with van der Waals surface area (Å²) >= 11 is 0. The lowest BCUT2D eigenvalue weighted by molar-refractivity contribution is 0.0948. The van der Waals surface area contributed by atoms with E-state index in [0.717, 1.165) is 11.4 Å². The van der Waals surface area contributed by atoms with Crippen molar-refractivity contribution in [2.24, 2.45) is 14.1 Å². The average Bonchev–Trinajstić information content (AvgIpc) is 3.30. The third-order valence-electron chi connectivity index (χ3n) is 4.76. The molecule has 3 aromatic rings. The number of aromatic nitrogens is 3. The van der Waals surface area contributed by atoms with Crippen LogP contribution in [-0.2, 0) is 20.6 Å². The Kier molecular flexibility index (Phi) is 6.10. The van der Waals surface area contributed by atoms with Crippen LogP contribution in [-0.4, -0.2) is 40.4 Å². The monoisotopic (exact) mass is 411 g/mol. The van der Waals surface area contributed by atoms with Gasteiger partial charge in [0.25, 0.3) is 11.8 Å². The molecule has 0 fully saturated rings. The maximum atomic E-state index is 12.7. The van der Waals surface area contributed by atoms with Crippen molar-refractivity contribution < 1.29 is 19.1 Å². The number of ether oxygens (including phenoxy) is 2. The van der Waals surface area contributed by atoms with Crippen LogP contribution >= 0.6 is 0 Å². The highest BCUT2D eigenvalue weighted by Crippen LogP contribution is 2.37. The normalized spacial score (nSPS) is 10.6. The lowest BCUT2D eigenvalue weighted by Gasteiger charge is -2.16. The molecule has 0 aliphatic carbocycles. The molecule has 30 heavy (non-hydrogen) atoms. The first-order valence-corrected chi connectivity index (χ1v) is 9.30. The summed E-state index contributed by atoms with van der Waals surface area (Å²) in [7, 11) is 6.56. The molecule has 0 aliphatic rings. The molecule has 0 saturated carbocycles. The maximum Gasteiger partial charge on any atom is 0.272 e. The number of carbonyl (C=O) groups excluding carboxylic acids is 2. The number of methoxy groups -OCH3 is 2. The molecular weight excluding hydrogens is 386 g/mol. The van der Waals surface area contributed by atoms with Gasteiger partial charge in [-0.3, -0.25) is 14.3 Å². The zero-order chi connectivity index (χ0) is 21.8. The smallest absolute Gasteiger partial charge is 0.272 e. The van der Waals surface area contributed by atoms with Crippen molar-refractivity contribution in [3.8, 4) is 11.5 Å². The third kappa shape index (κ3) is 4.29. The lowest BCUT2D eigenvalue weighted by Crippen LogP contribution is -2.24. The number of rotatable bonds is 7. The highest BCUT2D eigenvalue weighted by atomic mass is 16.5. The second-order valence-electron chi connectivity index (χ2n) is 6.80. The highest BCUT2D eigenvalue weighted by Gasteiger charge is 2.19. The van der Waals surface area contributed by atoms with Crippen molar-refractivity contribution in [3.05, 3.63) is 59.2 Å². The molecule has 0 saturated heterocycles. The zero-order valence-electron chi connectivity index (χ0n) is 17.6. The molecule has 3 rings (SSSR count). The van der Waals surface area contributed by atoms with E-state index in [1.807, 2.05) is 20.0 Å². The van der Waals surface area contributed by atoms with Crippen molar-refractivity contribution in [1.82, 2.24) is 19.7 Å². The van der Waals surface area contributed by atoms with Crippen LogP contribution in [0.25, 0.3) is 0 Å². The van der Waals surface area contributed by atoms with Crippen molar-refractivity contribution in [2.75, 3.05) is 19.5 Å². The molecule has 0 aliphatic heterocycles. The average molecular weight is 411 g/mol. The third-order valence-corrected chi connectivity index (χ3v) is 4.76. The predicted molar refractivity (Wildman–Crippen MR) is 112 cm³/mol. The summed E-state index contributed by atoms with van der Waals surface area (Å²) in [5.41, 5.74) is 2.87. The summed E-state index contributed by atoms with van der Waals surface area (Å²) in [6.07, 6.45) is 1.77. The van der Waals surface area contributed by atoms with E-state index in [9.17, 15) is 9.59 Å². The van der Waals surface area contributed by atoms with Crippen LogP contribution in [0.5, 0.6) is 11.5 Å². The van der Waals surface area contributed by atoms with Crippen LogP contribution in [0.3, 0.4) is 0 Å². The number of benzene rings is 1. The van der Waals surface area contributed by atoms with E-state index >= 15 is 0 Å². The van der Waals surface area contributed by atoms with Crippen molar-refractivity contribution >= 4 is 17.5 Å². The van der Waals surface area contributed by atoms with Crippen LogP contribution in [0.4, 0.5) is 5.69 Å². The summed E-state index contributed by atoms with van der Waals surface area (Å²) in [6, 6.07) is 8.50. The fourth-order valence-electron chi connectivity index (χ4n) is 3.07. The maximum absolute atomic E-state index is 12.7. The quantitative estimate of drug-likeness (QED) is 0.621. The van der Waals surface area contributed by atoms with Gasteiger partial charge in [0, 0.05) is 31.5 Å². The lowest BCUT2D eigenvalue weighted by atomic mass is 10.1. The second-order valence-corrected chi connectivity index (χ2v) is 6.80. The predicted octanol–water partition coefficient (Wildman–Crippen LogP) is 2.27. The van der Waals surface area contributed by atoms with Gasteiger partial charge < -0.3 is 24.7 Å². The first-order valence-electron chi connectivity index (χ1n) is 9.30. The van der Waals surface area contributed by atoms with Crippen LogP contribution < -0.4 is 20.1 Å². The van der Waals surface area contributed by atoms with Crippen LogP contribution in [0.2, 0.25) is 0 Å². The topological polar surface area (TPSA) is 99.4 Å². The van der Waals surface area contributed by atoms with E-state index in [4.69, 9.17) is 9.47 Å². The highest BCUT2D eigenvalue weighted by molar-refractivity contribution is 6.05. The Hall–Kier alpha value is -3.75. The SMILES string of the molecule is COc1cc(C(=O)NCc2cc(C)n(C)n2)cc(NC(=O)c2cccn2C)c1OC. The summed E-state index contributed by atoms with van der Waals surface area (Å²) in [6.45, 7) is 2.22. The molecule has 0 bridgehead atoms. The fourth-order valence-corrected chi connectivity index (χ4v) is 3.07. The van der Waals surface area contributed by atoms with Gasteiger partial charge in [-0.1, -0.05) is 0 Å². The van der Waals surface area contributed by atoms with Crippen LogP contribution in [0.15, 0.2) is 36.5 Å². The molecule has 0 radical (unpaired) electrons. The number of nitrogens with zero attached hydrogens (tertiary/aromatic N) is 3. The Balaban J connectivity index is 1.85. The van der Waals surface area contributed by atoms with Gasteiger partial charge in [-0.2, -0.15) is 5.10 Å². The Morgan fingerprint density at radius 2 is 1.87 bits per heavy atom. The van der Waals surface area contributed by atoms with E-state index in [1.54, 1.807) is 46.8 Å². The van der Waals surface area contributed by atoms with Gasteiger partial charge in [0.15, 0.2) is 11.5 Å². The Bertz CT molecular complexity index is 1060. The minimum atomic E-state index is -0.329. The van der Waals surface area contributed by atoms with E-state index in [0.29, 0.717) is 28.4 Å². The van der Waals surface area contributed by atoms with E-state index in [1.165, 1.54) is 14.2 Å². The Morgan fingerprint density at radius 3 is 2.43 bits per heavy atom. The number of amides is 2. The molecule has 2 aromatic heterocycles. The number of hydrogen-bond acceptors (Lipinski definition) is 5. The summed E-state index contributed by atoms with van der Waals surface area (Å²) in [4.78, 5) is 25.4. The van der Waals surface area contributed by atoms with E-state index in [2.05, 4.69) is 15.7 Å². The summed E-state index contributed by atoms with van der Waals surface area (Å²) < 4.78 is 14.2. The molecule has 1 aromatic carbocycles. The molecule has 0 atom stereocenters. The van der Waals surface area contributed by atoms with Gasteiger partial charge in [0.1, 0.15) is 5.69 Å². The van der Waals surface area contributed by atoms with E-state index < -0.39 is 0 Å². The number of aryl methyl sites for hydroxylation is 3. The number of nitrogens with one attached hydrogen (secondary N) is 2. The number of anilines is 1. The van der Waals surface area contributed by atoms with Gasteiger partial charge in [-0.15, -0.1) is 0 Å².